The lowest BCUT2D eigenvalue weighted by Crippen LogP contribution is -2.50. The molecule has 0 bridgehead atoms. The van der Waals surface area contributed by atoms with Crippen LogP contribution in [0.15, 0.2) is 29.4 Å². The van der Waals surface area contributed by atoms with Gasteiger partial charge in [0.1, 0.15) is 0 Å². The normalized spacial score (nSPS) is 18.0. The molecule has 2 heterocycles. The Labute approximate surface area is 108 Å². The SMILES string of the molecule is CN=C(NCc1ccccn1)NCC1(C)COC1. The van der Waals surface area contributed by atoms with Crippen molar-refractivity contribution in [2.45, 2.75) is 13.5 Å². The quantitative estimate of drug-likeness (QED) is 0.611. The van der Waals surface area contributed by atoms with Gasteiger partial charge in [-0.2, -0.15) is 0 Å². The number of aliphatic imine (C=N–C) groups is 1. The molecule has 1 saturated heterocycles. The van der Waals surface area contributed by atoms with E-state index < -0.39 is 0 Å². The van der Waals surface area contributed by atoms with Crippen LogP contribution in [0.3, 0.4) is 0 Å². The van der Waals surface area contributed by atoms with Gasteiger partial charge in [-0.3, -0.25) is 9.98 Å². The number of pyridine rings is 1. The smallest absolute Gasteiger partial charge is 0.191 e. The average molecular weight is 248 g/mol. The van der Waals surface area contributed by atoms with Crippen LogP contribution in [0.5, 0.6) is 0 Å². The number of nitrogens with one attached hydrogen (secondary N) is 2. The van der Waals surface area contributed by atoms with Crippen LogP contribution < -0.4 is 10.6 Å². The molecule has 18 heavy (non-hydrogen) atoms. The number of hydrogen-bond donors (Lipinski definition) is 2. The van der Waals surface area contributed by atoms with Crippen molar-refractivity contribution in [3.8, 4) is 0 Å². The summed E-state index contributed by atoms with van der Waals surface area (Å²) in [5, 5.41) is 6.56. The first-order valence-electron chi connectivity index (χ1n) is 6.14. The van der Waals surface area contributed by atoms with E-state index in [0.717, 1.165) is 31.4 Å². The maximum atomic E-state index is 5.22. The number of rotatable bonds is 4. The minimum Gasteiger partial charge on any atom is -0.380 e. The second-order valence-electron chi connectivity index (χ2n) is 4.90. The van der Waals surface area contributed by atoms with Gasteiger partial charge in [-0.05, 0) is 12.1 Å². The van der Waals surface area contributed by atoms with E-state index in [1.165, 1.54) is 0 Å². The molecule has 5 nitrogen and oxygen atoms in total. The molecule has 2 rings (SSSR count). The maximum Gasteiger partial charge on any atom is 0.191 e. The fourth-order valence-electron chi connectivity index (χ4n) is 1.75. The molecule has 1 aliphatic heterocycles. The van der Waals surface area contributed by atoms with Crippen molar-refractivity contribution in [2.75, 3.05) is 26.8 Å². The van der Waals surface area contributed by atoms with Gasteiger partial charge < -0.3 is 15.4 Å². The van der Waals surface area contributed by atoms with Crippen LogP contribution in [-0.4, -0.2) is 37.7 Å². The Morgan fingerprint density at radius 3 is 2.83 bits per heavy atom. The van der Waals surface area contributed by atoms with Gasteiger partial charge in [0.05, 0.1) is 25.5 Å². The fraction of sp³-hybridized carbons (Fsp3) is 0.538. The standard InChI is InChI=1S/C13H20N4O/c1-13(9-18-10-13)8-17-12(14-2)16-7-11-5-3-4-6-15-11/h3-6H,7-10H2,1-2H3,(H2,14,16,17). The molecule has 1 fully saturated rings. The van der Waals surface area contributed by atoms with E-state index in [9.17, 15) is 0 Å². The van der Waals surface area contributed by atoms with Crippen LogP contribution in [0.4, 0.5) is 0 Å². The molecular formula is C13H20N4O. The second-order valence-corrected chi connectivity index (χ2v) is 4.90. The Hall–Kier alpha value is -1.62. The lowest BCUT2D eigenvalue weighted by Gasteiger charge is -2.38. The summed E-state index contributed by atoms with van der Waals surface area (Å²) in [6, 6.07) is 5.88. The zero-order valence-electron chi connectivity index (χ0n) is 10.9. The van der Waals surface area contributed by atoms with E-state index in [2.05, 4.69) is 27.5 Å². The molecular weight excluding hydrogens is 228 g/mol. The molecule has 1 aromatic heterocycles. The zero-order chi connectivity index (χ0) is 12.8. The number of hydrogen-bond acceptors (Lipinski definition) is 3. The van der Waals surface area contributed by atoms with Gasteiger partial charge in [0.15, 0.2) is 5.96 Å². The molecule has 0 aliphatic carbocycles. The zero-order valence-corrected chi connectivity index (χ0v) is 10.9. The molecule has 0 aromatic carbocycles. The summed E-state index contributed by atoms with van der Waals surface area (Å²) in [4.78, 5) is 8.45. The van der Waals surface area contributed by atoms with Crippen LogP contribution in [0.1, 0.15) is 12.6 Å². The van der Waals surface area contributed by atoms with Gasteiger partial charge in [0, 0.05) is 25.2 Å². The van der Waals surface area contributed by atoms with Crippen LogP contribution in [0.25, 0.3) is 0 Å². The van der Waals surface area contributed by atoms with Gasteiger partial charge in [-0.1, -0.05) is 13.0 Å². The summed E-state index contributed by atoms with van der Waals surface area (Å²) >= 11 is 0. The molecule has 0 atom stereocenters. The van der Waals surface area contributed by atoms with Crippen molar-refractivity contribution in [3.63, 3.8) is 0 Å². The predicted molar refractivity (Wildman–Crippen MR) is 71.4 cm³/mol. The number of ether oxygens (including phenoxy) is 1. The first-order valence-corrected chi connectivity index (χ1v) is 6.14. The van der Waals surface area contributed by atoms with Crippen molar-refractivity contribution in [1.29, 1.82) is 0 Å². The second kappa shape index (κ2) is 5.82. The van der Waals surface area contributed by atoms with Gasteiger partial charge in [0.25, 0.3) is 0 Å². The van der Waals surface area contributed by atoms with E-state index in [1.54, 1.807) is 13.2 Å². The van der Waals surface area contributed by atoms with E-state index >= 15 is 0 Å². The lowest BCUT2D eigenvalue weighted by molar-refractivity contribution is -0.0971. The van der Waals surface area contributed by atoms with Crippen molar-refractivity contribution < 1.29 is 4.74 Å². The fourth-order valence-corrected chi connectivity index (χ4v) is 1.75. The van der Waals surface area contributed by atoms with E-state index in [4.69, 9.17) is 4.74 Å². The van der Waals surface area contributed by atoms with Crippen LogP contribution >= 0.6 is 0 Å². The summed E-state index contributed by atoms with van der Waals surface area (Å²) in [6.45, 7) is 5.38. The number of aromatic nitrogens is 1. The molecule has 2 N–H and O–H groups in total. The molecule has 0 amide bonds. The summed E-state index contributed by atoms with van der Waals surface area (Å²) in [7, 11) is 1.77. The van der Waals surface area contributed by atoms with Gasteiger partial charge in [-0.25, -0.2) is 0 Å². The lowest BCUT2D eigenvalue weighted by atomic mass is 9.89. The first kappa shape index (κ1) is 12.8. The van der Waals surface area contributed by atoms with Crippen LogP contribution in [0.2, 0.25) is 0 Å². The molecule has 0 unspecified atom stereocenters. The third-order valence-corrected chi connectivity index (χ3v) is 2.97. The van der Waals surface area contributed by atoms with E-state index in [0.29, 0.717) is 6.54 Å². The van der Waals surface area contributed by atoms with Crippen molar-refractivity contribution in [3.05, 3.63) is 30.1 Å². The highest BCUT2D eigenvalue weighted by Gasteiger charge is 2.33. The molecule has 98 valence electrons. The largest absolute Gasteiger partial charge is 0.380 e. The minimum absolute atomic E-state index is 0.239. The summed E-state index contributed by atoms with van der Waals surface area (Å²) in [5.74, 6) is 0.800. The van der Waals surface area contributed by atoms with Gasteiger partial charge in [-0.15, -0.1) is 0 Å². The Bertz CT molecular complexity index is 401. The number of guanidine groups is 1. The molecule has 0 spiro atoms. The summed E-state index contributed by atoms with van der Waals surface area (Å²) in [6.07, 6.45) is 1.79. The molecule has 1 aromatic rings. The molecule has 5 heteroatoms. The Kier molecular flexibility index (Phi) is 4.15. The number of nitrogens with zero attached hydrogens (tertiary/aromatic N) is 2. The predicted octanol–water partition coefficient (Wildman–Crippen LogP) is 0.783. The van der Waals surface area contributed by atoms with Crippen LogP contribution in [0, 0.1) is 5.41 Å². The molecule has 0 radical (unpaired) electrons. The van der Waals surface area contributed by atoms with E-state index in [1.807, 2.05) is 18.2 Å². The Morgan fingerprint density at radius 2 is 2.28 bits per heavy atom. The van der Waals surface area contributed by atoms with Gasteiger partial charge in [0.2, 0.25) is 0 Å². The average Bonchev–Trinajstić information content (AvgIpc) is 2.38. The van der Waals surface area contributed by atoms with E-state index in [-0.39, 0.29) is 5.41 Å². The minimum atomic E-state index is 0.239. The first-order chi connectivity index (χ1) is 8.72. The molecule has 0 saturated carbocycles. The third-order valence-electron chi connectivity index (χ3n) is 2.97. The Balaban J connectivity index is 1.76. The third kappa shape index (κ3) is 3.43. The highest BCUT2D eigenvalue weighted by Crippen LogP contribution is 2.24. The van der Waals surface area contributed by atoms with Crippen molar-refractivity contribution >= 4 is 5.96 Å². The van der Waals surface area contributed by atoms with Crippen molar-refractivity contribution in [1.82, 2.24) is 15.6 Å². The molecule has 1 aliphatic rings. The highest BCUT2D eigenvalue weighted by atomic mass is 16.5. The topological polar surface area (TPSA) is 58.5 Å². The maximum absolute atomic E-state index is 5.22. The summed E-state index contributed by atoms with van der Waals surface area (Å²) < 4.78 is 5.22. The summed E-state index contributed by atoms with van der Waals surface area (Å²) in [5.41, 5.74) is 1.24. The highest BCUT2D eigenvalue weighted by molar-refractivity contribution is 5.79. The van der Waals surface area contributed by atoms with Crippen LogP contribution in [-0.2, 0) is 11.3 Å². The Morgan fingerprint density at radius 1 is 1.44 bits per heavy atom. The van der Waals surface area contributed by atoms with Gasteiger partial charge >= 0.3 is 0 Å². The van der Waals surface area contributed by atoms with Crippen molar-refractivity contribution in [2.24, 2.45) is 10.4 Å². The monoisotopic (exact) mass is 248 g/mol.